The van der Waals surface area contributed by atoms with Crippen molar-refractivity contribution in [3.05, 3.63) is 0 Å². The Morgan fingerprint density at radius 1 is 0.446 bits per heavy atom. The van der Waals surface area contributed by atoms with E-state index in [0.717, 1.165) is 6.42 Å². The van der Waals surface area contributed by atoms with Gasteiger partial charge in [0.2, 0.25) is 41.4 Å². The summed E-state index contributed by atoms with van der Waals surface area (Å²) < 4.78 is 34.1. The number of nitrogens with one attached hydrogen (secondary N) is 8. The fourth-order valence-corrected chi connectivity index (χ4v) is 10.7. The third-order valence-corrected chi connectivity index (χ3v) is 15.8. The van der Waals surface area contributed by atoms with E-state index in [2.05, 4.69) is 42.5 Å². The Hall–Kier alpha value is -4.88. The van der Waals surface area contributed by atoms with Gasteiger partial charge in [0.15, 0.2) is 18.7 Å². The standard InChI is InChI=1S/C60H108N8O24/c1-34(72)64-46-40(90-41(30-69)49(78)52(46)81)20-14-8-7-9-16-26-62-55(84)37(21-23-44(76)61-25-15-10-12-18-28-87-58-47(65-35(2)73)53(82)50(79)42(31-70)91-58)67-45(77)24-22-38(68-57(86)39(75)33-89-60(4,5)6)56(85)63-27-17-11-13-19-29-88-59-48(66-36(3)74)54(83)51(80)43(32-71)92-59/h37-43,46-54,58-59,69-71,75,78-83H,7-33H2,1-6H3,(H,61,76)(H,62,84)(H,63,85)(H,64,72)(H,65,73)(H,66,74)(H,67,77)(H,68,86). The van der Waals surface area contributed by atoms with Crippen LogP contribution in [0.2, 0.25) is 0 Å². The normalized spacial score (nSPS) is 27.5. The summed E-state index contributed by atoms with van der Waals surface area (Å²) in [7, 11) is 0. The number of rotatable bonds is 43. The quantitative estimate of drug-likeness (QED) is 0.0256. The Bertz CT molecular complexity index is 2220. The summed E-state index contributed by atoms with van der Waals surface area (Å²) in [4.78, 5) is 103. The zero-order valence-electron chi connectivity index (χ0n) is 54.2. The minimum Gasteiger partial charge on any atom is -0.394 e. The minimum absolute atomic E-state index is 0.117. The molecule has 92 heavy (non-hydrogen) atoms. The molecule has 18 N–H and O–H groups in total. The molecule has 3 saturated heterocycles. The van der Waals surface area contributed by atoms with E-state index < -0.39 is 189 Å². The zero-order chi connectivity index (χ0) is 68.5. The van der Waals surface area contributed by atoms with Crippen molar-refractivity contribution in [2.75, 3.05) is 59.3 Å². The molecule has 0 radical (unpaired) electrons. The molecule has 18 unspecified atom stereocenters. The van der Waals surface area contributed by atoms with E-state index >= 15 is 0 Å². The number of ether oxygens (including phenoxy) is 6. The molecule has 3 aliphatic heterocycles. The lowest BCUT2D eigenvalue weighted by molar-refractivity contribution is -0.270. The number of hydrogen-bond acceptors (Lipinski definition) is 24. The van der Waals surface area contributed by atoms with E-state index in [-0.39, 0.29) is 58.5 Å². The number of amides is 8. The van der Waals surface area contributed by atoms with Gasteiger partial charge in [-0.3, -0.25) is 38.4 Å². The van der Waals surface area contributed by atoms with Gasteiger partial charge < -0.3 is 122 Å². The Labute approximate surface area is 538 Å². The van der Waals surface area contributed by atoms with Crippen molar-refractivity contribution < 1.29 is 118 Å². The summed E-state index contributed by atoms with van der Waals surface area (Å²) in [5.74, 6) is -4.64. The first-order valence-electron chi connectivity index (χ1n) is 32.3. The van der Waals surface area contributed by atoms with Gasteiger partial charge >= 0.3 is 0 Å². The molecule has 32 nitrogen and oxygen atoms in total. The van der Waals surface area contributed by atoms with Gasteiger partial charge in [-0.25, -0.2) is 0 Å². The van der Waals surface area contributed by atoms with Gasteiger partial charge in [-0.15, -0.1) is 0 Å². The monoisotopic (exact) mass is 1320 g/mol. The number of carbonyl (C=O) groups excluding carboxylic acids is 8. The number of carbonyl (C=O) groups is 8. The lowest BCUT2D eigenvalue weighted by Crippen LogP contribution is -2.64. The molecular weight excluding hydrogens is 1220 g/mol. The predicted molar refractivity (Wildman–Crippen MR) is 326 cm³/mol. The van der Waals surface area contributed by atoms with Gasteiger partial charge in [-0.1, -0.05) is 51.4 Å². The molecule has 18 atom stereocenters. The summed E-state index contributed by atoms with van der Waals surface area (Å²) in [5, 5.41) is 123. The molecule has 0 aliphatic carbocycles. The van der Waals surface area contributed by atoms with Gasteiger partial charge in [-0.05, 0) is 72.1 Å². The average molecular weight is 1330 g/mol. The van der Waals surface area contributed by atoms with E-state index in [0.29, 0.717) is 83.5 Å². The highest BCUT2D eigenvalue weighted by Crippen LogP contribution is 2.27. The lowest BCUT2D eigenvalue weighted by Gasteiger charge is -2.42. The van der Waals surface area contributed by atoms with Crippen LogP contribution in [0.4, 0.5) is 0 Å². The van der Waals surface area contributed by atoms with Crippen LogP contribution in [0.5, 0.6) is 0 Å². The molecule has 3 heterocycles. The highest BCUT2D eigenvalue weighted by atomic mass is 16.7. The summed E-state index contributed by atoms with van der Waals surface area (Å²) in [5.41, 5.74) is -0.711. The first-order chi connectivity index (χ1) is 43.6. The third kappa shape index (κ3) is 29.8. The first kappa shape index (κ1) is 81.4. The maximum atomic E-state index is 13.8. The first-order valence-corrected chi connectivity index (χ1v) is 32.3. The van der Waals surface area contributed by atoms with E-state index in [9.17, 15) is 89.4 Å². The van der Waals surface area contributed by atoms with E-state index in [4.69, 9.17) is 28.4 Å². The van der Waals surface area contributed by atoms with E-state index in [1.807, 2.05) is 0 Å². The van der Waals surface area contributed by atoms with Crippen LogP contribution in [0.15, 0.2) is 0 Å². The van der Waals surface area contributed by atoms with Crippen LogP contribution < -0.4 is 42.5 Å². The van der Waals surface area contributed by atoms with Crippen LogP contribution in [0.1, 0.15) is 157 Å². The predicted octanol–water partition coefficient (Wildman–Crippen LogP) is -4.59. The van der Waals surface area contributed by atoms with Crippen molar-refractivity contribution in [2.24, 2.45) is 0 Å². The number of aliphatic hydroxyl groups is 10. The highest BCUT2D eigenvalue weighted by Gasteiger charge is 2.47. The molecule has 0 bridgehead atoms. The van der Waals surface area contributed by atoms with Crippen molar-refractivity contribution in [3.8, 4) is 0 Å². The topological polar surface area (TPSA) is 490 Å². The Balaban J connectivity index is 1.59. The molecule has 8 amide bonds. The average Bonchev–Trinajstić information content (AvgIpc) is 0.850. The maximum absolute atomic E-state index is 13.8. The minimum atomic E-state index is -1.68. The molecule has 3 fully saturated rings. The van der Waals surface area contributed by atoms with Crippen LogP contribution in [-0.2, 0) is 66.8 Å². The zero-order valence-corrected chi connectivity index (χ0v) is 54.2. The second-order valence-electron chi connectivity index (χ2n) is 24.7. The van der Waals surface area contributed by atoms with Crippen molar-refractivity contribution >= 4 is 47.3 Å². The van der Waals surface area contributed by atoms with Crippen molar-refractivity contribution in [1.29, 1.82) is 0 Å². The van der Waals surface area contributed by atoms with Gasteiger partial charge in [0.1, 0.15) is 79.1 Å². The van der Waals surface area contributed by atoms with Crippen LogP contribution in [0.3, 0.4) is 0 Å². The van der Waals surface area contributed by atoms with Crippen LogP contribution in [-0.4, -0.2) is 273 Å². The van der Waals surface area contributed by atoms with Gasteiger partial charge in [0.05, 0.1) is 44.2 Å². The second kappa shape index (κ2) is 43.2. The summed E-state index contributed by atoms with van der Waals surface area (Å²) in [6.07, 6.45) is -9.10. The largest absolute Gasteiger partial charge is 0.394 e. The maximum Gasteiger partial charge on any atom is 0.251 e. The second-order valence-corrected chi connectivity index (χ2v) is 24.7. The molecule has 0 aromatic heterocycles. The van der Waals surface area contributed by atoms with Crippen molar-refractivity contribution in [1.82, 2.24) is 42.5 Å². The van der Waals surface area contributed by atoms with Crippen LogP contribution in [0, 0.1) is 0 Å². The van der Waals surface area contributed by atoms with Gasteiger partial charge in [0.25, 0.3) is 5.91 Å². The Morgan fingerprint density at radius 2 is 0.826 bits per heavy atom. The Morgan fingerprint density at radius 3 is 1.27 bits per heavy atom. The molecular formula is C60H108N8O24. The van der Waals surface area contributed by atoms with E-state index in [1.54, 1.807) is 20.8 Å². The van der Waals surface area contributed by atoms with E-state index in [1.165, 1.54) is 20.8 Å². The van der Waals surface area contributed by atoms with Crippen molar-refractivity contribution in [3.63, 3.8) is 0 Å². The molecule has 0 saturated carbocycles. The van der Waals surface area contributed by atoms with Crippen LogP contribution >= 0.6 is 0 Å². The SMILES string of the molecule is CC(=O)NC1C(CCCCCCCNC(=O)C(CCC(=O)NCCCCCCOC2OC(CO)C(O)C(O)C2NC(C)=O)NC(=O)CCC(NC(=O)C(O)COC(C)(C)C)C(=O)NCCCCCCOC2OC(CO)C(O)C(O)C2NC(C)=O)OC(CO)C(O)C1O. The fraction of sp³-hybridized carbons (Fsp3) is 0.867. The molecule has 0 aromatic rings. The summed E-state index contributed by atoms with van der Waals surface area (Å²) in [6, 6.07) is -5.57. The molecule has 32 heteroatoms. The smallest absolute Gasteiger partial charge is 0.251 e. The third-order valence-electron chi connectivity index (χ3n) is 15.8. The number of unbranched alkanes of at least 4 members (excludes halogenated alkanes) is 10. The summed E-state index contributed by atoms with van der Waals surface area (Å²) >= 11 is 0. The lowest BCUT2D eigenvalue weighted by atomic mass is 9.90. The molecule has 0 aromatic carbocycles. The molecule has 0 spiro atoms. The molecule has 3 aliphatic rings. The van der Waals surface area contributed by atoms with Crippen LogP contribution in [0.25, 0.3) is 0 Å². The van der Waals surface area contributed by atoms with Gasteiger partial charge in [-0.2, -0.15) is 0 Å². The number of hydrogen-bond donors (Lipinski definition) is 18. The molecule has 532 valence electrons. The highest BCUT2D eigenvalue weighted by molar-refractivity contribution is 5.91. The fourth-order valence-electron chi connectivity index (χ4n) is 10.7. The molecule has 3 rings (SSSR count). The summed E-state index contributed by atoms with van der Waals surface area (Å²) in [6.45, 7) is 7.76. The Kier molecular flexibility index (Phi) is 38.2. The van der Waals surface area contributed by atoms with Crippen molar-refractivity contribution in [2.45, 2.75) is 273 Å². The van der Waals surface area contributed by atoms with Gasteiger partial charge in [0, 0.05) is 66.5 Å². The number of aliphatic hydroxyl groups excluding tert-OH is 10.